The highest BCUT2D eigenvalue weighted by Gasteiger charge is 2.47. The molecule has 1 fully saturated rings. The van der Waals surface area contributed by atoms with Crippen LogP contribution in [-0.4, -0.2) is 26.2 Å². The minimum absolute atomic E-state index is 0.109. The van der Waals surface area contributed by atoms with E-state index in [0.717, 1.165) is 0 Å². The van der Waals surface area contributed by atoms with Crippen LogP contribution in [0.1, 0.15) is 32.6 Å². The van der Waals surface area contributed by atoms with Crippen LogP contribution < -0.4 is 0 Å². The Morgan fingerprint density at radius 3 is 2.26 bits per heavy atom. The van der Waals surface area contributed by atoms with Crippen LogP contribution in [0.25, 0.3) is 0 Å². The van der Waals surface area contributed by atoms with Crippen LogP contribution in [0, 0.1) is 23.2 Å². The van der Waals surface area contributed by atoms with Gasteiger partial charge in [-0.3, -0.25) is 9.59 Å². The first kappa shape index (κ1) is 15.3. The molecule has 0 bridgehead atoms. The molecule has 1 rings (SSSR count). The Kier molecular flexibility index (Phi) is 5.62. The highest BCUT2D eigenvalue weighted by Crippen LogP contribution is 2.34. The lowest BCUT2D eigenvalue weighted by Crippen LogP contribution is -2.40. The van der Waals surface area contributed by atoms with Crippen molar-refractivity contribution in [3.05, 3.63) is 12.2 Å². The molecule has 1 saturated carbocycles. The van der Waals surface area contributed by atoms with E-state index in [0.29, 0.717) is 5.92 Å². The predicted octanol–water partition coefficient (Wildman–Crippen LogP) is 2.09. The quantitative estimate of drug-likeness (QED) is 0.319. The number of esters is 2. The summed E-state index contributed by atoms with van der Waals surface area (Å²) in [7, 11) is 2.54. The van der Waals surface area contributed by atoms with Crippen LogP contribution in [0.15, 0.2) is 12.2 Å². The summed E-state index contributed by atoms with van der Waals surface area (Å²) in [4.78, 5) is 24.0. The first-order valence-electron chi connectivity index (χ1n) is 6.34. The minimum Gasteiger partial charge on any atom is -0.468 e. The fourth-order valence-corrected chi connectivity index (χ4v) is 1.85. The Morgan fingerprint density at radius 1 is 1.26 bits per heavy atom. The van der Waals surface area contributed by atoms with E-state index in [4.69, 9.17) is 9.47 Å². The maximum absolute atomic E-state index is 12.0. The van der Waals surface area contributed by atoms with Crippen molar-refractivity contribution >= 4 is 11.9 Å². The summed E-state index contributed by atoms with van der Waals surface area (Å²) in [5, 5.41) is 0. The maximum Gasteiger partial charge on any atom is 0.324 e. The summed E-state index contributed by atoms with van der Waals surface area (Å²) in [5.74, 6) is 4.89. The van der Waals surface area contributed by atoms with Crippen molar-refractivity contribution in [2.24, 2.45) is 11.3 Å². The standard InChI is InChI=1S/C15H20O4/c1-4-5-10-15(13(16)18-2,14(17)19-3)11-6-7-12-8-9-12/h6-7,12H,8-11H2,1-3H3/b7-6+. The zero-order valence-corrected chi connectivity index (χ0v) is 11.7. The molecule has 0 unspecified atom stereocenters. The van der Waals surface area contributed by atoms with Crippen LogP contribution in [0.2, 0.25) is 0 Å². The number of methoxy groups -OCH3 is 2. The van der Waals surface area contributed by atoms with Crippen LogP contribution in [0.3, 0.4) is 0 Å². The van der Waals surface area contributed by atoms with Crippen LogP contribution in [0.5, 0.6) is 0 Å². The molecule has 1 aliphatic carbocycles. The predicted molar refractivity (Wildman–Crippen MR) is 71.0 cm³/mol. The molecule has 1 aliphatic rings. The number of hydrogen-bond acceptors (Lipinski definition) is 4. The van der Waals surface area contributed by atoms with E-state index in [1.807, 2.05) is 12.2 Å². The van der Waals surface area contributed by atoms with E-state index < -0.39 is 17.4 Å². The van der Waals surface area contributed by atoms with Crippen molar-refractivity contribution in [1.82, 2.24) is 0 Å². The first-order chi connectivity index (χ1) is 9.10. The van der Waals surface area contributed by atoms with Gasteiger partial charge >= 0.3 is 11.9 Å². The van der Waals surface area contributed by atoms with E-state index in [2.05, 4.69) is 11.8 Å². The molecule has 0 saturated heterocycles. The third-order valence-corrected chi connectivity index (χ3v) is 3.22. The van der Waals surface area contributed by atoms with E-state index >= 15 is 0 Å². The van der Waals surface area contributed by atoms with Gasteiger partial charge in [0, 0.05) is 6.42 Å². The van der Waals surface area contributed by atoms with E-state index in [9.17, 15) is 9.59 Å². The van der Waals surface area contributed by atoms with Crippen LogP contribution in [-0.2, 0) is 19.1 Å². The molecule has 0 aromatic carbocycles. The number of carbonyl (C=O) groups is 2. The lowest BCUT2D eigenvalue weighted by Gasteiger charge is -2.24. The third-order valence-electron chi connectivity index (χ3n) is 3.22. The van der Waals surface area contributed by atoms with Gasteiger partial charge in [-0.1, -0.05) is 12.2 Å². The Labute approximate surface area is 114 Å². The molecule has 0 amide bonds. The lowest BCUT2D eigenvalue weighted by molar-refractivity contribution is -0.168. The first-order valence-corrected chi connectivity index (χ1v) is 6.34. The average molecular weight is 264 g/mol. The molecule has 4 nitrogen and oxygen atoms in total. The van der Waals surface area contributed by atoms with Crippen molar-refractivity contribution in [2.75, 3.05) is 14.2 Å². The van der Waals surface area contributed by atoms with Gasteiger partial charge in [-0.2, -0.15) is 0 Å². The van der Waals surface area contributed by atoms with Gasteiger partial charge in [-0.25, -0.2) is 0 Å². The van der Waals surface area contributed by atoms with Gasteiger partial charge in [0.2, 0.25) is 0 Å². The van der Waals surface area contributed by atoms with Crippen molar-refractivity contribution < 1.29 is 19.1 Å². The molecule has 0 aromatic heterocycles. The molecule has 104 valence electrons. The number of allylic oxidation sites excluding steroid dienone is 2. The average Bonchev–Trinajstić information content (AvgIpc) is 3.25. The number of rotatable bonds is 6. The smallest absolute Gasteiger partial charge is 0.324 e. The zero-order valence-electron chi connectivity index (χ0n) is 11.7. The molecule has 0 N–H and O–H groups in total. The molecular weight excluding hydrogens is 244 g/mol. The SMILES string of the molecule is CC#CCC(C/C=C/C1CC1)(C(=O)OC)C(=O)OC. The zero-order chi connectivity index (χ0) is 14.3. The number of carbonyl (C=O) groups excluding carboxylic acids is 2. The van der Waals surface area contributed by atoms with Gasteiger partial charge in [0.05, 0.1) is 14.2 Å². The van der Waals surface area contributed by atoms with Gasteiger partial charge < -0.3 is 9.47 Å². The van der Waals surface area contributed by atoms with Crippen molar-refractivity contribution in [3.8, 4) is 11.8 Å². The monoisotopic (exact) mass is 264 g/mol. The highest BCUT2D eigenvalue weighted by atomic mass is 16.5. The minimum atomic E-state index is -1.35. The second-order valence-corrected chi connectivity index (χ2v) is 4.64. The van der Waals surface area contributed by atoms with E-state index in [1.165, 1.54) is 27.1 Å². The van der Waals surface area contributed by atoms with E-state index in [-0.39, 0.29) is 12.8 Å². The van der Waals surface area contributed by atoms with Gasteiger partial charge in [-0.05, 0) is 32.1 Å². The topological polar surface area (TPSA) is 52.6 Å². The summed E-state index contributed by atoms with van der Waals surface area (Å²) in [6.07, 6.45) is 6.63. The Hall–Kier alpha value is -1.76. The largest absolute Gasteiger partial charge is 0.468 e. The van der Waals surface area contributed by atoms with Crippen molar-refractivity contribution in [2.45, 2.75) is 32.6 Å². The van der Waals surface area contributed by atoms with Crippen LogP contribution in [0.4, 0.5) is 0 Å². The molecule has 4 heteroatoms. The van der Waals surface area contributed by atoms with Gasteiger partial charge in [0.15, 0.2) is 5.41 Å². The molecule has 0 atom stereocenters. The molecule has 0 heterocycles. The van der Waals surface area contributed by atoms with Crippen molar-refractivity contribution in [3.63, 3.8) is 0 Å². The molecule has 19 heavy (non-hydrogen) atoms. The lowest BCUT2D eigenvalue weighted by atomic mass is 9.81. The normalized spacial score (nSPS) is 14.7. The van der Waals surface area contributed by atoms with Gasteiger partial charge in [0.25, 0.3) is 0 Å². The van der Waals surface area contributed by atoms with Gasteiger partial charge in [-0.15, -0.1) is 11.8 Å². The molecule has 0 aliphatic heterocycles. The number of ether oxygens (including phenoxy) is 2. The summed E-state index contributed by atoms with van der Waals surface area (Å²) in [5.41, 5.74) is -1.35. The Morgan fingerprint density at radius 2 is 1.84 bits per heavy atom. The number of hydrogen-bond donors (Lipinski definition) is 0. The maximum atomic E-state index is 12.0. The second kappa shape index (κ2) is 6.98. The Balaban J connectivity index is 2.95. The Bertz CT molecular complexity index is 405. The summed E-state index contributed by atoms with van der Waals surface area (Å²) in [6, 6.07) is 0. The highest BCUT2D eigenvalue weighted by molar-refractivity contribution is 6.00. The van der Waals surface area contributed by atoms with E-state index in [1.54, 1.807) is 6.92 Å². The van der Waals surface area contributed by atoms with Gasteiger partial charge in [0.1, 0.15) is 0 Å². The summed E-state index contributed by atoms with van der Waals surface area (Å²) >= 11 is 0. The molecule has 0 aromatic rings. The summed E-state index contributed by atoms with van der Waals surface area (Å²) < 4.78 is 9.53. The fraction of sp³-hybridized carbons (Fsp3) is 0.600. The van der Waals surface area contributed by atoms with Crippen molar-refractivity contribution in [1.29, 1.82) is 0 Å². The fourth-order valence-electron chi connectivity index (χ4n) is 1.85. The summed E-state index contributed by atoms with van der Waals surface area (Å²) in [6.45, 7) is 1.67. The molecular formula is C15H20O4. The molecule has 0 radical (unpaired) electrons. The molecule has 0 spiro atoms. The third kappa shape index (κ3) is 3.85. The second-order valence-electron chi connectivity index (χ2n) is 4.64. The van der Waals surface area contributed by atoms with Crippen LogP contribution >= 0.6 is 0 Å².